The van der Waals surface area contributed by atoms with Gasteiger partial charge in [0.15, 0.2) is 0 Å². The van der Waals surface area contributed by atoms with Crippen molar-refractivity contribution in [3.63, 3.8) is 0 Å². The van der Waals surface area contributed by atoms with Gasteiger partial charge in [-0.2, -0.15) is 0 Å². The van der Waals surface area contributed by atoms with Crippen molar-refractivity contribution < 1.29 is 13.9 Å². The molecule has 4 heteroatoms. The number of benzene rings is 2. The van der Waals surface area contributed by atoms with Gasteiger partial charge in [0.2, 0.25) is 0 Å². The van der Waals surface area contributed by atoms with E-state index in [2.05, 4.69) is 0 Å². The molecule has 108 valence electrons. The SMILES string of the molecule is COc1ccc(OCc2cn(C)c3cc(F)ccc23)cc1. The summed E-state index contributed by atoms with van der Waals surface area (Å²) in [5.41, 5.74) is 1.90. The summed E-state index contributed by atoms with van der Waals surface area (Å²) in [6.07, 6.45) is 1.97. The van der Waals surface area contributed by atoms with E-state index in [9.17, 15) is 4.39 Å². The molecule has 0 radical (unpaired) electrons. The van der Waals surface area contributed by atoms with Crippen molar-refractivity contribution in [2.75, 3.05) is 7.11 Å². The summed E-state index contributed by atoms with van der Waals surface area (Å²) < 4.78 is 26.1. The fourth-order valence-electron chi connectivity index (χ4n) is 2.39. The van der Waals surface area contributed by atoms with Crippen LogP contribution in [-0.4, -0.2) is 11.7 Å². The fourth-order valence-corrected chi connectivity index (χ4v) is 2.39. The van der Waals surface area contributed by atoms with E-state index in [1.165, 1.54) is 12.1 Å². The lowest BCUT2D eigenvalue weighted by atomic mass is 10.2. The second kappa shape index (κ2) is 5.48. The summed E-state index contributed by atoms with van der Waals surface area (Å²) in [7, 11) is 3.53. The first-order chi connectivity index (χ1) is 10.2. The number of halogens is 1. The maximum absolute atomic E-state index is 13.3. The third-order valence-corrected chi connectivity index (χ3v) is 3.49. The van der Waals surface area contributed by atoms with E-state index in [-0.39, 0.29) is 5.82 Å². The highest BCUT2D eigenvalue weighted by Gasteiger charge is 2.08. The van der Waals surface area contributed by atoms with Crippen molar-refractivity contribution in [3.05, 3.63) is 60.0 Å². The predicted octanol–water partition coefficient (Wildman–Crippen LogP) is 3.91. The lowest BCUT2D eigenvalue weighted by Gasteiger charge is -2.06. The average Bonchev–Trinajstić information content (AvgIpc) is 2.81. The zero-order chi connectivity index (χ0) is 14.8. The van der Waals surface area contributed by atoms with Gasteiger partial charge in [-0.1, -0.05) is 0 Å². The number of methoxy groups -OCH3 is 1. The fraction of sp³-hybridized carbons (Fsp3) is 0.176. The quantitative estimate of drug-likeness (QED) is 0.725. The lowest BCUT2D eigenvalue weighted by molar-refractivity contribution is 0.306. The Morgan fingerprint density at radius 3 is 2.48 bits per heavy atom. The van der Waals surface area contributed by atoms with Gasteiger partial charge < -0.3 is 14.0 Å². The Morgan fingerprint density at radius 1 is 1.05 bits per heavy atom. The molecule has 1 heterocycles. The molecule has 21 heavy (non-hydrogen) atoms. The second-order valence-electron chi connectivity index (χ2n) is 4.89. The summed E-state index contributed by atoms with van der Waals surface area (Å²) in [6, 6.07) is 12.2. The second-order valence-corrected chi connectivity index (χ2v) is 4.89. The van der Waals surface area contributed by atoms with Gasteiger partial charge in [-0.25, -0.2) is 4.39 Å². The molecule has 0 N–H and O–H groups in total. The molecule has 0 saturated heterocycles. The van der Waals surface area contributed by atoms with E-state index in [1.54, 1.807) is 13.2 Å². The number of fused-ring (bicyclic) bond motifs is 1. The van der Waals surface area contributed by atoms with Crippen molar-refractivity contribution in [1.82, 2.24) is 4.57 Å². The van der Waals surface area contributed by atoms with Crippen LogP contribution in [0.2, 0.25) is 0 Å². The molecule has 0 aliphatic heterocycles. The topological polar surface area (TPSA) is 23.4 Å². The Labute approximate surface area is 122 Å². The smallest absolute Gasteiger partial charge is 0.125 e. The molecule has 3 nitrogen and oxygen atoms in total. The number of aromatic nitrogens is 1. The molecule has 3 aromatic rings. The molecule has 0 aliphatic rings. The van der Waals surface area contributed by atoms with Crippen LogP contribution < -0.4 is 9.47 Å². The van der Waals surface area contributed by atoms with Crippen LogP contribution in [0.25, 0.3) is 10.9 Å². The standard InChI is InChI=1S/C17H16FNO2/c1-19-10-12(16-8-3-13(18)9-17(16)19)11-21-15-6-4-14(20-2)5-7-15/h3-10H,11H2,1-2H3. The largest absolute Gasteiger partial charge is 0.497 e. The normalized spacial score (nSPS) is 10.8. The number of hydrogen-bond acceptors (Lipinski definition) is 2. The van der Waals surface area contributed by atoms with E-state index in [4.69, 9.17) is 9.47 Å². The monoisotopic (exact) mass is 285 g/mol. The highest BCUT2D eigenvalue weighted by Crippen LogP contribution is 2.24. The molecule has 0 amide bonds. The molecule has 1 aromatic heterocycles. The van der Waals surface area contributed by atoms with Crippen molar-refractivity contribution in [2.45, 2.75) is 6.61 Å². The minimum absolute atomic E-state index is 0.230. The van der Waals surface area contributed by atoms with Crippen LogP contribution in [0.1, 0.15) is 5.56 Å². The molecule has 0 unspecified atom stereocenters. The molecule has 0 spiro atoms. The van der Waals surface area contributed by atoms with E-state index >= 15 is 0 Å². The Balaban J connectivity index is 1.81. The molecule has 0 fully saturated rings. The number of nitrogens with zero attached hydrogens (tertiary/aromatic N) is 1. The maximum Gasteiger partial charge on any atom is 0.125 e. The third-order valence-electron chi connectivity index (χ3n) is 3.49. The van der Waals surface area contributed by atoms with Crippen molar-refractivity contribution in [1.29, 1.82) is 0 Å². The van der Waals surface area contributed by atoms with E-state index in [1.807, 2.05) is 42.1 Å². The van der Waals surface area contributed by atoms with Gasteiger partial charge in [-0.15, -0.1) is 0 Å². The molecule has 0 aliphatic carbocycles. The van der Waals surface area contributed by atoms with Crippen molar-refractivity contribution in [2.24, 2.45) is 7.05 Å². The first-order valence-corrected chi connectivity index (χ1v) is 6.67. The molecule has 0 atom stereocenters. The Hall–Kier alpha value is -2.49. The van der Waals surface area contributed by atoms with E-state index in [0.717, 1.165) is 28.0 Å². The van der Waals surface area contributed by atoms with E-state index in [0.29, 0.717) is 6.61 Å². The van der Waals surface area contributed by atoms with Gasteiger partial charge in [0, 0.05) is 24.2 Å². The van der Waals surface area contributed by atoms with Crippen molar-refractivity contribution >= 4 is 10.9 Å². The van der Waals surface area contributed by atoms with Crippen LogP contribution >= 0.6 is 0 Å². The summed E-state index contributed by atoms with van der Waals surface area (Å²) in [6.45, 7) is 0.440. The van der Waals surface area contributed by atoms with Gasteiger partial charge in [0.25, 0.3) is 0 Å². The summed E-state index contributed by atoms with van der Waals surface area (Å²) in [5, 5.41) is 1.01. The molecule has 0 bridgehead atoms. The van der Waals surface area contributed by atoms with Gasteiger partial charge in [0.05, 0.1) is 12.6 Å². The number of hydrogen-bond donors (Lipinski definition) is 0. The van der Waals surface area contributed by atoms with Gasteiger partial charge in [-0.05, 0) is 42.5 Å². The number of rotatable bonds is 4. The Morgan fingerprint density at radius 2 is 1.76 bits per heavy atom. The summed E-state index contributed by atoms with van der Waals surface area (Å²) in [4.78, 5) is 0. The van der Waals surface area contributed by atoms with Crippen molar-refractivity contribution in [3.8, 4) is 11.5 Å². The van der Waals surface area contributed by atoms with Crippen LogP contribution in [0.5, 0.6) is 11.5 Å². The van der Waals surface area contributed by atoms with Crippen LogP contribution in [-0.2, 0) is 13.7 Å². The zero-order valence-electron chi connectivity index (χ0n) is 12.0. The van der Waals surface area contributed by atoms with Gasteiger partial charge >= 0.3 is 0 Å². The summed E-state index contributed by atoms with van der Waals surface area (Å²) >= 11 is 0. The Kier molecular flexibility index (Phi) is 3.52. The first-order valence-electron chi connectivity index (χ1n) is 6.67. The first kappa shape index (κ1) is 13.5. The maximum atomic E-state index is 13.3. The van der Waals surface area contributed by atoms with Crippen LogP contribution in [0.15, 0.2) is 48.7 Å². The molecule has 3 rings (SSSR count). The average molecular weight is 285 g/mol. The predicted molar refractivity (Wildman–Crippen MR) is 80.2 cm³/mol. The highest BCUT2D eigenvalue weighted by atomic mass is 19.1. The molecular weight excluding hydrogens is 269 g/mol. The third kappa shape index (κ3) is 2.70. The molecule has 2 aromatic carbocycles. The Bertz CT molecular complexity index is 762. The van der Waals surface area contributed by atoms with Gasteiger partial charge in [-0.3, -0.25) is 0 Å². The van der Waals surface area contributed by atoms with Crippen LogP contribution in [0.4, 0.5) is 4.39 Å². The minimum Gasteiger partial charge on any atom is -0.497 e. The number of ether oxygens (including phenoxy) is 2. The van der Waals surface area contributed by atoms with Crippen LogP contribution in [0, 0.1) is 5.82 Å². The zero-order valence-corrected chi connectivity index (χ0v) is 12.0. The highest BCUT2D eigenvalue weighted by molar-refractivity contribution is 5.83. The summed E-state index contributed by atoms with van der Waals surface area (Å²) in [5.74, 6) is 1.34. The van der Waals surface area contributed by atoms with E-state index < -0.39 is 0 Å². The molecular formula is C17H16FNO2. The minimum atomic E-state index is -0.230. The van der Waals surface area contributed by atoms with Crippen LogP contribution in [0.3, 0.4) is 0 Å². The molecule has 0 saturated carbocycles. The lowest BCUT2D eigenvalue weighted by Crippen LogP contribution is -1.94. The number of aryl methyl sites for hydroxylation is 1. The van der Waals surface area contributed by atoms with Gasteiger partial charge in [0.1, 0.15) is 23.9 Å².